The smallest absolute Gasteiger partial charge is 0.191 e. The topological polar surface area (TPSA) is 60.7 Å². The van der Waals surface area contributed by atoms with E-state index in [1.807, 2.05) is 24.0 Å². The Morgan fingerprint density at radius 3 is 2.48 bits per heavy atom. The van der Waals surface area contributed by atoms with Crippen molar-refractivity contribution < 1.29 is 0 Å². The normalized spacial score (nSPS) is 16.9. The van der Waals surface area contributed by atoms with E-state index in [0.29, 0.717) is 6.04 Å². The molecular formula is C21H34IN7. The van der Waals surface area contributed by atoms with Crippen LogP contribution in [0.15, 0.2) is 47.7 Å². The van der Waals surface area contributed by atoms with Crippen molar-refractivity contribution in [3.8, 4) is 5.69 Å². The van der Waals surface area contributed by atoms with E-state index >= 15 is 0 Å². The molecule has 2 N–H and O–H groups in total. The van der Waals surface area contributed by atoms with Crippen LogP contribution in [0.25, 0.3) is 5.69 Å². The maximum absolute atomic E-state index is 4.35. The van der Waals surface area contributed by atoms with Gasteiger partial charge < -0.3 is 15.5 Å². The molecule has 1 aliphatic rings. The molecular weight excluding hydrogens is 477 g/mol. The summed E-state index contributed by atoms with van der Waals surface area (Å²) in [5.41, 5.74) is 2.38. The van der Waals surface area contributed by atoms with Gasteiger partial charge in [-0.05, 0) is 44.2 Å². The number of rotatable bonds is 7. The Bertz CT molecular complexity index is 722. The summed E-state index contributed by atoms with van der Waals surface area (Å²) >= 11 is 0. The van der Waals surface area contributed by atoms with Crippen LogP contribution in [0.1, 0.15) is 12.5 Å². The highest BCUT2D eigenvalue weighted by molar-refractivity contribution is 14.0. The molecule has 0 saturated carbocycles. The van der Waals surface area contributed by atoms with Gasteiger partial charge in [0.25, 0.3) is 0 Å². The first-order valence-corrected chi connectivity index (χ1v) is 10.1. The molecule has 160 valence electrons. The number of nitrogens with zero attached hydrogens (tertiary/aromatic N) is 5. The lowest BCUT2D eigenvalue weighted by Crippen LogP contribution is -2.52. The van der Waals surface area contributed by atoms with E-state index in [4.69, 9.17) is 0 Å². The number of hydrogen-bond acceptors (Lipinski definition) is 4. The average Bonchev–Trinajstić information content (AvgIpc) is 3.26. The Morgan fingerprint density at radius 1 is 1.14 bits per heavy atom. The number of nitrogens with one attached hydrogen (secondary N) is 2. The summed E-state index contributed by atoms with van der Waals surface area (Å²) < 4.78 is 1.87. The predicted molar refractivity (Wildman–Crippen MR) is 131 cm³/mol. The van der Waals surface area contributed by atoms with Crippen molar-refractivity contribution in [2.75, 3.05) is 53.4 Å². The van der Waals surface area contributed by atoms with Crippen molar-refractivity contribution in [2.24, 2.45) is 4.99 Å². The molecule has 2 aromatic rings. The van der Waals surface area contributed by atoms with Gasteiger partial charge in [-0.3, -0.25) is 9.89 Å². The third kappa shape index (κ3) is 7.27. The van der Waals surface area contributed by atoms with Gasteiger partial charge in [-0.15, -0.1) is 24.0 Å². The van der Waals surface area contributed by atoms with Crippen molar-refractivity contribution in [1.82, 2.24) is 30.2 Å². The van der Waals surface area contributed by atoms with E-state index in [-0.39, 0.29) is 24.0 Å². The minimum atomic E-state index is 0. The third-order valence-electron chi connectivity index (χ3n) is 5.36. The van der Waals surface area contributed by atoms with Gasteiger partial charge in [-0.2, -0.15) is 5.10 Å². The van der Waals surface area contributed by atoms with Gasteiger partial charge >= 0.3 is 0 Å². The average molecular weight is 511 g/mol. The summed E-state index contributed by atoms with van der Waals surface area (Å²) in [6.45, 7) is 8.62. The molecule has 1 aromatic carbocycles. The molecule has 1 fully saturated rings. The molecule has 1 saturated heterocycles. The molecule has 0 aliphatic carbocycles. The first-order valence-electron chi connectivity index (χ1n) is 10.1. The second-order valence-electron chi connectivity index (χ2n) is 7.44. The second-order valence-corrected chi connectivity index (χ2v) is 7.44. The lowest BCUT2D eigenvalue weighted by molar-refractivity contribution is 0.120. The van der Waals surface area contributed by atoms with Gasteiger partial charge in [0.2, 0.25) is 0 Å². The zero-order chi connectivity index (χ0) is 19.8. The van der Waals surface area contributed by atoms with Crippen LogP contribution in [0, 0.1) is 0 Å². The van der Waals surface area contributed by atoms with Gasteiger partial charge in [0.05, 0.1) is 5.69 Å². The Kier molecular flexibility index (Phi) is 9.89. The van der Waals surface area contributed by atoms with Crippen LogP contribution >= 0.6 is 24.0 Å². The summed E-state index contributed by atoms with van der Waals surface area (Å²) in [4.78, 5) is 9.28. The molecule has 2 heterocycles. The summed E-state index contributed by atoms with van der Waals surface area (Å²) in [6, 6.07) is 11.0. The monoisotopic (exact) mass is 511 g/mol. The van der Waals surface area contributed by atoms with Gasteiger partial charge in [0.15, 0.2) is 5.96 Å². The van der Waals surface area contributed by atoms with Crippen molar-refractivity contribution in [2.45, 2.75) is 19.4 Å². The summed E-state index contributed by atoms with van der Waals surface area (Å²) in [5.74, 6) is 0.870. The molecule has 0 bridgehead atoms. The Labute approximate surface area is 191 Å². The number of likely N-dealkylation sites (N-methyl/N-ethyl adjacent to an activating group) is 1. The highest BCUT2D eigenvalue weighted by Crippen LogP contribution is 2.09. The first-order chi connectivity index (χ1) is 13.7. The zero-order valence-corrected chi connectivity index (χ0v) is 20.0. The van der Waals surface area contributed by atoms with Gasteiger partial charge in [0, 0.05) is 64.8 Å². The molecule has 1 unspecified atom stereocenters. The van der Waals surface area contributed by atoms with E-state index in [0.717, 1.165) is 57.3 Å². The number of halogens is 1. The number of guanidine groups is 1. The number of aromatic nitrogens is 2. The quantitative estimate of drug-likeness (QED) is 0.338. The maximum atomic E-state index is 4.35. The molecule has 0 spiro atoms. The highest BCUT2D eigenvalue weighted by atomic mass is 127. The van der Waals surface area contributed by atoms with Gasteiger partial charge in [0.1, 0.15) is 0 Å². The molecule has 7 nitrogen and oxygen atoms in total. The Morgan fingerprint density at radius 2 is 1.86 bits per heavy atom. The van der Waals surface area contributed by atoms with Crippen LogP contribution in [-0.4, -0.2) is 84.9 Å². The van der Waals surface area contributed by atoms with E-state index in [2.05, 4.69) is 68.8 Å². The highest BCUT2D eigenvalue weighted by Gasteiger charge is 2.18. The summed E-state index contributed by atoms with van der Waals surface area (Å²) in [6.07, 6.45) is 4.70. The molecule has 1 atom stereocenters. The van der Waals surface area contributed by atoms with E-state index in [1.54, 1.807) is 6.20 Å². The minimum Gasteiger partial charge on any atom is -0.356 e. The summed E-state index contributed by atoms with van der Waals surface area (Å²) in [5, 5.41) is 11.1. The van der Waals surface area contributed by atoms with Crippen LogP contribution in [0.4, 0.5) is 0 Å². The zero-order valence-electron chi connectivity index (χ0n) is 17.7. The largest absolute Gasteiger partial charge is 0.356 e. The second kappa shape index (κ2) is 12.1. The fraction of sp³-hybridized carbons (Fsp3) is 0.524. The SMILES string of the molecule is CN=C(NCCc1ccc(-n2cccn2)cc1)NCC(C)N1CCN(C)CC1.I. The maximum Gasteiger partial charge on any atom is 0.191 e. The Balaban J connectivity index is 0.00000300. The summed E-state index contributed by atoms with van der Waals surface area (Å²) in [7, 11) is 4.02. The minimum absolute atomic E-state index is 0. The van der Waals surface area contributed by atoms with Crippen LogP contribution in [-0.2, 0) is 6.42 Å². The molecule has 0 radical (unpaired) electrons. The van der Waals surface area contributed by atoms with Crippen LogP contribution in [0.3, 0.4) is 0 Å². The molecule has 1 aliphatic heterocycles. The van der Waals surface area contributed by atoms with Crippen molar-refractivity contribution >= 4 is 29.9 Å². The fourth-order valence-electron chi connectivity index (χ4n) is 3.42. The number of benzene rings is 1. The molecule has 29 heavy (non-hydrogen) atoms. The predicted octanol–water partition coefficient (Wildman–Crippen LogP) is 1.83. The lowest BCUT2D eigenvalue weighted by Gasteiger charge is -2.36. The fourth-order valence-corrected chi connectivity index (χ4v) is 3.42. The molecule has 1 aromatic heterocycles. The van der Waals surface area contributed by atoms with Crippen LogP contribution in [0.2, 0.25) is 0 Å². The van der Waals surface area contributed by atoms with Gasteiger partial charge in [-0.25, -0.2) is 4.68 Å². The van der Waals surface area contributed by atoms with Crippen molar-refractivity contribution in [3.05, 3.63) is 48.3 Å². The van der Waals surface area contributed by atoms with Crippen molar-refractivity contribution in [3.63, 3.8) is 0 Å². The lowest BCUT2D eigenvalue weighted by atomic mass is 10.1. The van der Waals surface area contributed by atoms with E-state index in [9.17, 15) is 0 Å². The Hall–Kier alpha value is -1.65. The number of aliphatic imine (C=N–C) groups is 1. The molecule has 0 amide bonds. The molecule has 8 heteroatoms. The number of hydrogen-bond donors (Lipinski definition) is 2. The third-order valence-corrected chi connectivity index (χ3v) is 5.36. The van der Waals surface area contributed by atoms with E-state index < -0.39 is 0 Å². The van der Waals surface area contributed by atoms with Crippen LogP contribution < -0.4 is 10.6 Å². The first kappa shape index (κ1) is 23.6. The van der Waals surface area contributed by atoms with E-state index in [1.165, 1.54) is 5.56 Å². The molecule has 3 rings (SSSR count). The standard InChI is InChI=1S/C21H33N7.HI/c1-18(27-15-13-26(3)14-16-27)17-24-21(22-2)23-11-9-19-5-7-20(8-6-19)28-12-4-10-25-28;/h4-8,10,12,18H,9,11,13-17H2,1-3H3,(H2,22,23,24);1H. The van der Waals surface area contributed by atoms with Crippen LogP contribution in [0.5, 0.6) is 0 Å². The van der Waals surface area contributed by atoms with Crippen molar-refractivity contribution in [1.29, 1.82) is 0 Å². The number of piperazine rings is 1. The van der Waals surface area contributed by atoms with Gasteiger partial charge in [-0.1, -0.05) is 12.1 Å².